The largest absolute Gasteiger partial charge is 0.456 e. The molecule has 0 amide bonds. The van der Waals surface area contributed by atoms with E-state index in [2.05, 4.69) is 169 Å². The van der Waals surface area contributed by atoms with Gasteiger partial charge in [-0.2, -0.15) is 0 Å². The molecule has 0 saturated carbocycles. The van der Waals surface area contributed by atoms with E-state index in [0.29, 0.717) is 0 Å². The fourth-order valence-electron chi connectivity index (χ4n) is 7.31. The van der Waals surface area contributed by atoms with E-state index in [1.54, 1.807) is 0 Å². The van der Waals surface area contributed by atoms with Crippen molar-refractivity contribution in [1.29, 1.82) is 0 Å². The normalized spacial score (nSPS) is 11.7. The van der Waals surface area contributed by atoms with E-state index in [1.807, 2.05) is 12.1 Å². The first-order valence-electron chi connectivity index (χ1n) is 16.6. The third-order valence-corrected chi connectivity index (χ3v) is 9.65. The van der Waals surface area contributed by atoms with Gasteiger partial charge in [-0.3, -0.25) is 0 Å². The Bertz CT molecular complexity index is 2830. The second kappa shape index (κ2) is 11.0. The first kappa shape index (κ1) is 27.5. The highest BCUT2D eigenvalue weighted by molar-refractivity contribution is 6.19. The number of hydrogen-bond acceptors (Lipinski definition) is 3. The summed E-state index contributed by atoms with van der Waals surface area (Å²) in [5.41, 5.74) is 11.4. The quantitative estimate of drug-likeness (QED) is 0.190. The Morgan fingerprint density at radius 2 is 1.02 bits per heavy atom. The van der Waals surface area contributed by atoms with Crippen LogP contribution in [-0.2, 0) is 0 Å². The molecule has 230 valence electrons. The molecular formula is C46H29NO2. The lowest BCUT2D eigenvalue weighted by molar-refractivity contribution is 0.669. The summed E-state index contributed by atoms with van der Waals surface area (Å²) in [6, 6.07) is 62.1. The van der Waals surface area contributed by atoms with Gasteiger partial charge in [0.1, 0.15) is 22.3 Å². The van der Waals surface area contributed by atoms with Crippen molar-refractivity contribution >= 4 is 71.7 Å². The monoisotopic (exact) mass is 627 g/mol. The number of hydrogen-bond donors (Lipinski definition) is 0. The molecule has 2 heterocycles. The van der Waals surface area contributed by atoms with Gasteiger partial charge in [0.15, 0.2) is 0 Å². The molecule has 0 N–H and O–H groups in total. The molecular weight excluding hydrogens is 599 g/mol. The third-order valence-electron chi connectivity index (χ3n) is 9.65. The molecule has 0 aliphatic heterocycles. The summed E-state index contributed by atoms with van der Waals surface area (Å²) in [5, 5.41) is 6.74. The molecule has 0 saturated heterocycles. The van der Waals surface area contributed by atoms with Gasteiger partial charge in [-0.15, -0.1) is 0 Å². The first-order valence-corrected chi connectivity index (χ1v) is 16.6. The van der Waals surface area contributed by atoms with Crippen molar-refractivity contribution in [3.8, 4) is 22.3 Å². The summed E-state index contributed by atoms with van der Waals surface area (Å²) >= 11 is 0. The zero-order chi connectivity index (χ0) is 32.3. The molecule has 49 heavy (non-hydrogen) atoms. The molecule has 0 fully saturated rings. The predicted molar refractivity (Wildman–Crippen MR) is 204 cm³/mol. The fraction of sp³-hybridized carbons (Fsp3) is 0. The standard InChI is InChI=1S/C46H29NO2/c1-2-10-30(11-3-1)33-13-8-14-36(28-33)47(41-17-9-19-44-45(41)39-26-22-32-12-4-5-15-37(32)46(39)49-44)35-24-20-31(21-25-35)34-23-27-43-40(29-34)38-16-6-7-18-42(38)48-43/h1-29H. The van der Waals surface area contributed by atoms with E-state index in [-0.39, 0.29) is 0 Å². The van der Waals surface area contributed by atoms with Gasteiger partial charge in [0.25, 0.3) is 0 Å². The van der Waals surface area contributed by atoms with Crippen LogP contribution in [0, 0.1) is 0 Å². The van der Waals surface area contributed by atoms with E-state index in [4.69, 9.17) is 8.83 Å². The highest BCUT2D eigenvalue weighted by Crippen LogP contribution is 2.45. The van der Waals surface area contributed by atoms with E-state index in [0.717, 1.165) is 83.0 Å². The Balaban J connectivity index is 1.16. The van der Waals surface area contributed by atoms with Gasteiger partial charge in [-0.05, 0) is 88.3 Å². The minimum atomic E-state index is 0.866. The van der Waals surface area contributed by atoms with Gasteiger partial charge in [-0.1, -0.05) is 115 Å². The molecule has 0 bridgehead atoms. The second-order valence-corrected chi connectivity index (χ2v) is 12.5. The van der Waals surface area contributed by atoms with Crippen LogP contribution in [0.4, 0.5) is 17.1 Å². The predicted octanol–water partition coefficient (Wildman–Crippen LogP) is 13.4. The van der Waals surface area contributed by atoms with Gasteiger partial charge in [-0.25, -0.2) is 0 Å². The summed E-state index contributed by atoms with van der Waals surface area (Å²) in [5.74, 6) is 0. The third kappa shape index (κ3) is 4.51. The molecule has 10 rings (SSSR count). The van der Waals surface area contributed by atoms with Crippen LogP contribution >= 0.6 is 0 Å². The lowest BCUT2D eigenvalue weighted by atomic mass is 10.0. The molecule has 10 aromatic rings. The van der Waals surface area contributed by atoms with Gasteiger partial charge >= 0.3 is 0 Å². The molecule has 0 aliphatic carbocycles. The van der Waals surface area contributed by atoms with Crippen LogP contribution in [0.1, 0.15) is 0 Å². The summed E-state index contributed by atoms with van der Waals surface area (Å²) in [6.07, 6.45) is 0. The lowest BCUT2D eigenvalue weighted by Gasteiger charge is -2.27. The Kier molecular flexibility index (Phi) is 6.18. The number of nitrogens with zero attached hydrogens (tertiary/aromatic N) is 1. The van der Waals surface area contributed by atoms with Crippen LogP contribution < -0.4 is 4.90 Å². The van der Waals surface area contributed by atoms with Crippen LogP contribution in [0.25, 0.3) is 76.9 Å². The van der Waals surface area contributed by atoms with Crippen molar-refractivity contribution in [2.24, 2.45) is 0 Å². The van der Waals surface area contributed by atoms with Crippen LogP contribution in [0.2, 0.25) is 0 Å². The summed E-state index contributed by atoms with van der Waals surface area (Å²) in [7, 11) is 0. The number of furan rings is 2. The van der Waals surface area contributed by atoms with E-state index < -0.39 is 0 Å². The van der Waals surface area contributed by atoms with Gasteiger partial charge < -0.3 is 13.7 Å². The first-order chi connectivity index (χ1) is 24.3. The molecule has 0 atom stereocenters. The minimum absolute atomic E-state index is 0.866. The molecule has 3 heteroatoms. The molecule has 0 spiro atoms. The zero-order valence-corrected chi connectivity index (χ0v) is 26.5. The summed E-state index contributed by atoms with van der Waals surface area (Å²) in [6.45, 7) is 0. The zero-order valence-electron chi connectivity index (χ0n) is 26.5. The highest BCUT2D eigenvalue weighted by Gasteiger charge is 2.21. The van der Waals surface area contributed by atoms with Crippen molar-refractivity contribution in [3.63, 3.8) is 0 Å². The molecule has 0 aliphatic rings. The number of para-hydroxylation sites is 1. The number of anilines is 3. The topological polar surface area (TPSA) is 29.5 Å². The summed E-state index contributed by atoms with van der Waals surface area (Å²) in [4.78, 5) is 2.36. The van der Waals surface area contributed by atoms with E-state index in [9.17, 15) is 0 Å². The van der Waals surface area contributed by atoms with Crippen molar-refractivity contribution in [3.05, 3.63) is 176 Å². The number of fused-ring (bicyclic) bond motifs is 8. The smallest absolute Gasteiger partial charge is 0.143 e. The molecule has 2 aromatic heterocycles. The Hall–Kier alpha value is -6.58. The SMILES string of the molecule is c1ccc(-c2cccc(N(c3ccc(-c4ccc5oc6ccccc6c5c4)cc3)c3cccc4oc5c6ccccc6ccc5c34)c2)cc1. The van der Waals surface area contributed by atoms with E-state index in [1.165, 1.54) is 10.9 Å². The van der Waals surface area contributed by atoms with Crippen molar-refractivity contribution in [2.75, 3.05) is 4.90 Å². The number of rotatable bonds is 5. The maximum absolute atomic E-state index is 6.62. The van der Waals surface area contributed by atoms with Crippen LogP contribution in [0.5, 0.6) is 0 Å². The average molecular weight is 628 g/mol. The maximum Gasteiger partial charge on any atom is 0.143 e. The molecule has 0 unspecified atom stereocenters. The van der Waals surface area contributed by atoms with Crippen LogP contribution in [0.3, 0.4) is 0 Å². The van der Waals surface area contributed by atoms with Crippen LogP contribution in [-0.4, -0.2) is 0 Å². The van der Waals surface area contributed by atoms with Crippen molar-refractivity contribution < 1.29 is 8.83 Å². The second-order valence-electron chi connectivity index (χ2n) is 12.5. The molecule has 8 aromatic carbocycles. The van der Waals surface area contributed by atoms with Gasteiger partial charge in [0.2, 0.25) is 0 Å². The molecule has 3 nitrogen and oxygen atoms in total. The van der Waals surface area contributed by atoms with Crippen LogP contribution in [0.15, 0.2) is 185 Å². The Morgan fingerprint density at radius 3 is 1.92 bits per heavy atom. The highest BCUT2D eigenvalue weighted by atomic mass is 16.3. The average Bonchev–Trinajstić information content (AvgIpc) is 3.75. The minimum Gasteiger partial charge on any atom is -0.456 e. The molecule has 0 radical (unpaired) electrons. The fourth-order valence-corrected chi connectivity index (χ4v) is 7.31. The van der Waals surface area contributed by atoms with Crippen molar-refractivity contribution in [1.82, 2.24) is 0 Å². The van der Waals surface area contributed by atoms with Gasteiger partial charge in [0.05, 0.1) is 11.1 Å². The van der Waals surface area contributed by atoms with E-state index >= 15 is 0 Å². The van der Waals surface area contributed by atoms with Crippen molar-refractivity contribution in [2.45, 2.75) is 0 Å². The van der Waals surface area contributed by atoms with Gasteiger partial charge in [0, 0.05) is 32.9 Å². The Labute approximate surface area is 282 Å². The Morgan fingerprint density at radius 1 is 0.347 bits per heavy atom. The number of benzene rings is 8. The summed E-state index contributed by atoms with van der Waals surface area (Å²) < 4.78 is 12.7. The lowest BCUT2D eigenvalue weighted by Crippen LogP contribution is -2.10. The maximum atomic E-state index is 6.62.